The summed E-state index contributed by atoms with van der Waals surface area (Å²) in [5.41, 5.74) is 1.72. The molecule has 2 unspecified atom stereocenters. The second-order valence-corrected chi connectivity index (χ2v) is 5.94. The van der Waals surface area contributed by atoms with Crippen LogP contribution in [0, 0.1) is 5.92 Å². The molecule has 2 aliphatic heterocycles. The number of carbonyl (C=O) groups is 2. The van der Waals surface area contributed by atoms with Gasteiger partial charge < -0.3 is 10.2 Å². The fourth-order valence-electron chi connectivity index (χ4n) is 3.08. The van der Waals surface area contributed by atoms with E-state index in [0.717, 1.165) is 35.8 Å². The van der Waals surface area contributed by atoms with Gasteiger partial charge in [-0.25, -0.2) is 0 Å². The molecule has 2 heterocycles. The van der Waals surface area contributed by atoms with Crippen LogP contribution in [0.4, 0.5) is 5.69 Å². The number of aldehydes is 1. The minimum Gasteiger partial charge on any atom is -0.365 e. The van der Waals surface area contributed by atoms with E-state index in [-0.39, 0.29) is 17.9 Å². The number of nitrogens with one attached hydrogen (secondary N) is 1. The van der Waals surface area contributed by atoms with Crippen molar-refractivity contribution in [3.63, 3.8) is 0 Å². The third-order valence-electron chi connectivity index (χ3n) is 4.02. The van der Waals surface area contributed by atoms with Crippen molar-refractivity contribution in [2.45, 2.75) is 18.9 Å². The highest BCUT2D eigenvalue weighted by atomic mass is 79.9. The summed E-state index contributed by atoms with van der Waals surface area (Å²) in [6.45, 7) is 1.67. The quantitative estimate of drug-likeness (QED) is 0.847. The molecule has 4 nitrogen and oxygen atoms in total. The molecule has 2 fully saturated rings. The molecule has 0 saturated carbocycles. The number of hydrogen-bond donors (Lipinski definition) is 1. The fraction of sp³-hybridized carbons (Fsp3) is 0.429. The Morgan fingerprint density at radius 1 is 1.42 bits per heavy atom. The van der Waals surface area contributed by atoms with Crippen molar-refractivity contribution in [2.24, 2.45) is 5.92 Å². The highest BCUT2D eigenvalue weighted by Gasteiger charge is 2.41. The first-order valence-electron chi connectivity index (χ1n) is 6.50. The van der Waals surface area contributed by atoms with Gasteiger partial charge in [-0.05, 0) is 47.0 Å². The van der Waals surface area contributed by atoms with Crippen molar-refractivity contribution in [2.75, 3.05) is 18.0 Å². The van der Waals surface area contributed by atoms with Gasteiger partial charge in [-0.3, -0.25) is 9.59 Å². The lowest BCUT2D eigenvalue weighted by molar-refractivity contribution is -0.122. The van der Waals surface area contributed by atoms with Crippen molar-refractivity contribution < 1.29 is 9.59 Å². The van der Waals surface area contributed by atoms with Gasteiger partial charge in [-0.2, -0.15) is 0 Å². The van der Waals surface area contributed by atoms with E-state index >= 15 is 0 Å². The highest BCUT2D eigenvalue weighted by molar-refractivity contribution is 9.10. The fourth-order valence-corrected chi connectivity index (χ4v) is 3.70. The molecule has 3 rings (SSSR count). The minimum atomic E-state index is 0.103. The maximum absolute atomic E-state index is 11.8. The van der Waals surface area contributed by atoms with E-state index in [9.17, 15) is 9.59 Å². The lowest BCUT2D eigenvalue weighted by Crippen LogP contribution is -2.45. The van der Waals surface area contributed by atoms with Crippen LogP contribution in [0.3, 0.4) is 0 Å². The first-order valence-corrected chi connectivity index (χ1v) is 7.29. The zero-order valence-electron chi connectivity index (χ0n) is 10.4. The lowest BCUT2D eigenvalue weighted by Gasteiger charge is -2.38. The van der Waals surface area contributed by atoms with Crippen LogP contribution in [-0.4, -0.2) is 31.3 Å². The molecule has 0 aliphatic carbocycles. The summed E-state index contributed by atoms with van der Waals surface area (Å²) >= 11 is 3.53. The molecule has 0 spiro atoms. The molecule has 1 aromatic carbocycles. The van der Waals surface area contributed by atoms with E-state index in [0.29, 0.717) is 12.1 Å². The Morgan fingerprint density at radius 3 is 3.00 bits per heavy atom. The summed E-state index contributed by atoms with van der Waals surface area (Å²) < 4.78 is 0.914. The van der Waals surface area contributed by atoms with Gasteiger partial charge in [0.1, 0.15) is 6.29 Å². The molecule has 1 amide bonds. The van der Waals surface area contributed by atoms with Gasteiger partial charge in [0, 0.05) is 23.1 Å². The average molecular weight is 323 g/mol. The molecule has 1 aromatic rings. The number of amides is 1. The number of halogens is 1. The number of carbonyl (C=O) groups excluding carboxylic acids is 2. The third kappa shape index (κ3) is 2.16. The van der Waals surface area contributed by atoms with E-state index in [4.69, 9.17) is 0 Å². The van der Waals surface area contributed by atoms with Crippen LogP contribution in [-0.2, 0) is 4.79 Å². The number of piperidine rings is 1. The molecule has 1 N–H and O–H groups in total. The van der Waals surface area contributed by atoms with Crippen molar-refractivity contribution in [1.82, 2.24) is 5.32 Å². The summed E-state index contributed by atoms with van der Waals surface area (Å²) in [7, 11) is 0. The predicted molar refractivity (Wildman–Crippen MR) is 76.4 cm³/mol. The van der Waals surface area contributed by atoms with Crippen molar-refractivity contribution in [1.29, 1.82) is 0 Å². The normalized spacial score (nSPS) is 25.9. The zero-order valence-corrected chi connectivity index (χ0v) is 12.0. The summed E-state index contributed by atoms with van der Waals surface area (Å²) in [6.07, 6.45) is 2.84. The molecule has 0 bridgehead atoms. The van der Waals surface area contributed by atoms with Crippen LogP contribution < -0.4 is 10.2 Å². The van der Waals surface area contributed by atoms with Crippen molar-refractivity contribution in [3.8, 4) is 0 Å². The Labute approximate surface area is 120 Å². The standard InChI is InChI=1S/C14H15BrN2O2/c15-11-6-9(8-18)3-4-12(11)17-5-1-2-10-13(17)7-16-14(10)19/h3-4,6,8,10,13H,1-2,5,7H2,(H,16,19). The lowest BCUT2D eigenvalue weighted by atomic mass is 9.91. The molecule has 2 atom stereocenters. The smallest absolute Gasteiger partial charge is 0.225 e. The van der Waals surface area contributed by atoms with Crippen LogP contribution >= 0.6 is 15.9 Å². The summed E-state index contributed by atoms with van der Waals surface area (Å²) in [5, 5.41) is 2.95. The Hall–Kier alpha value is -1.36. The first-order chi connectivity index (χ1) is 9.20. The van der Waals surface area contributed by atoms with Crippen LogP contribution in [0.15, 0.2) is 22.7 Å². The minimum absolute atomic E-state index is 0.103. The Morgan fingerprint density at radius 2 is 2.26 bits per heavy atom. The number of fused-ring (bicyclic) bond motifs is 1. The van der Waals surface area contributed by atoms with Crippen LogP contribution in [0.25, 0.3) is 0 Å². The monoisotopic (exact) mass is 322 g/mol. The second-order valence-electron chi connectivity index (χ2n) is 5.08. The number of hydrogen-bond acceptors (Lipinski definition) is 3. The van der Waals surface area contributed by atoms with Crippen LogP contribution in [0.1, 0.15) is 23.2 Å². The van der Waals surface area contributed by atoms with E-state index in [1.807, 2.05) is 18.2 Å². The van der Waals surface area contributed by atoms with Gasteiger partial charge in [0.15, 0.2) is 0 Å². The summed E-state index contributed by atoms with van der Waals surface area (Å²) in [5.74, 6) is 0.279. The number of benzene rings is 1. The Balaban J connectivity index is 1.93. The molecular formula is C14H15BrN2O2. The predicted octanol–water partition coefficient (Wildman–Crippen LogP) is 1.98. The van der Waals surface area contributed by atoms with Gasteiger partial charge in [0.2, 0.25) is 5.91 Å². The molecular weight excluding hydrogens is 308 g/mol. The topological polar surface area (TPSA) is 49.4 Å². The summed E-state index contributed by atoms with van der Waals surface area (Å²) in [4.78, 5) is 24.8. The average Bonchev–Trinajstić information content (AvgIpc) is 2.81. The number of anilines is 1. The highest BCUT2D eigenvalue weighted by Crippen LogP contribution is 2.35. The Bertz CT molecular complexity index is 532. The Kier molecular flexibility index (Phi) is 3.31. The van der Waals surface area contributed by atoms with Gasteiger partial charge in [-0.15, -0.1) is 0 Å². The van der Waals surface area contributed by atoms with Crippen molar-refractivity contribution in [3.05, 3.63) is 28.2 Å². The molecule has 19 heavy (non-hydrogen) atoms. The third-order valence-corrected chi connectivity index (χ3v) is 4.65. The SMILES string of the molecule is O=Cc1ccc(N2CCCC3C(=O)NCC32)c(Br)c1. The second kappa shape index (κ2) is 4.96. The maximum atomic E-state index is 11.8. The van der Waals surface area contributed by atoms with Crippen LogP contribution in [0.5, 0.6) is 0 Å². The first kappa shape index (κ1) is 12.7. The molecule has 2 aliphatic rings. The van der Waals surface area contributed by atoms with E-state index in [1.165, 1.54) is 0 Å². The maximum Gasteiger partial charge on any atom is 0.225 e. The van der Waals surface area contributed by atoms with E-state index in [1.54, 1.807) is 0 Å². The largest absolute Gasteiger partial charge is 0.365 e. The molecule has 2 saturated heterocycles. The summed E-state index contributed by atoms with van der Waals surface area (Å²) in [6, 6.07) is 5.84. The zero-order chi connectivity index (χ0) is 13.4. The molecule has 5 heteroatoms. The van der Waals surface area contributed by atoms with E-state index < -0.39 is 0 Å². The van der Waals surface area contributed by atoms with Gasteiger partial charge in [0.25, 0.3) is 0 Å². The van der Waals surface area contributed by atoms with Crippen molar-refractivity contribution >= 4 is 33.8 Å². The van der Waals surface area contributed by atoms with Gasteiger partial charge in [-0.1, -0.05) is 0 Å². The number of rotatable bonds is 2. The molecule has 100 valence electrons. The van der Waals surface area contributed by atoms with E-state index in [2.05, 4.69) is 26.1 Å². The van der Waals surface area contributed by atoms with Gasteiger partial charge >= 0.3 is 0 Å². The van der Waals surface area contributed by atoms with Gasteiger partial charge in [0.05, 0.1) is 17.6 Å². The number of nitrogens with zero attached hydrogens (tertiary/aromatic N) is 1. The van der Waals surface area contributed by atoms with Crippen LogP contribution in [0.2, 0.25) is 0 Å². The molecule has 0 aromatic heterocycles. The molecule has 0 radical (unpaired) electrons.